The molecule has 2 atom stereocenters. The Morgan fingerprint density at radius 3 is 2.37 bits per heavy atom. The number of nitrogens with one attached hydrogen (secondary N) is 1. The first-order valence-corrected chi connectivity index (χ1v) is 11.4. The van der Waals surface area contributed by atoms with Gasteiger partial charge in [0.25, 0.3) is 5.76 Å². The lowest BCUT2D eigenvalue weighted by Gasteiger charge is -2.32. The van der Waals surface area contributed by atoms with Gasteiger partial charge in [-0.05, 0) is 45.0 Å². The van der Waals surface area contributed by atoms with E-state index >= 15 is 0 Å². The van der Waals surface area contributed by atoms with Crippen molar-refractivity contribution in [3.05, 3.63) is 57.9 Å². The first-order chi connectivity index (χ1) is 16.6. The van der Waals surface area contributed by atoms with Crippen LogP contribution in [0.25, 0.3) is 11.0 Å². The van der Waals surface area contributed by atoms with E-state index in [-0.39, 0.29) is 59.1 Å². The number of phenols is 1. The van der Waals surface area contributed by atoms with E-state index in [0.29, 0.717) is 13.1 Å². The van der Waals surface area contributed by atoms with E-state index in [1.807, 2.05) is 13.8 Å². The molecule has 10 heteroatoms. The number of hydrogen-bond donors (Lipinski definition) is 2. The maximum Gasteiger partial charge on any atom is 0.453 e. The van der Waals surface area contributed by atoms with Crippen LogP contribution >= 0.6 is 0 Å². The Labute approximate surface area is 199 Å². The summed E-state index contributed by atoms with van der Waals surface area (Å²) in [5, 5.41) is 10.4. The van der Waals surface area contributed by atoms with Crippen LogP contribution in [-0.4, -0.2) is 37.0 Å². The summed E-state index contributed by atoms with van der Waals surface area (Å²) in [6.07, 6.45) is -5.15. The van der Waals surface area contributed by atoms with Gasteiger partial charge in [0.2, 0.25) is 11.2 Å². The number of ether oxygens (including phenoxy) is 3. The largest absolute Gasteiger partial charge is 0.507 e. The number of para-hydroxylation sites is 2. The first kappa shape index (κ1) is 24.9. The van der Waals surface area contributed by atoms with Crippen molar-refractivity contribution in [2.24, 2.45) is 0 Å². The molecule has 1 aliphatic heterocycles. The van der Waals surface area contributed by atoms with Crippen LogP contribution in [0.1, 0.15) is 32.1 Å². The molecule has 7 nitrogen and oxygen atoms in total. The topological polar surface area (TPSA) is 82.6 Å². The van der Waals surface area contributed by atoms with Gasteiger partial charge in [0, 0.05) is 0 Å². The molecule has 1 aromatic heterocycles. The fraction of sp³-hybridized carbons (Fsp3) is 0.400. The Hall–Kier alpha value is -3.24. The van der Waals surface area contributed by atoms with E-state index in [2.05, 4.69) is 0 Å². The molecule has 0 radical (unpaired) electrons. The third-order valence-electron chi connectivity index (χ3n) is 5.76. The highest BCUT2D eigenvalue weighted by Crippen LogP contribution is 2.41. The zero-order chi connectivity index (χ0) is 25.3. The molecule has 2 aromatic carbocycles. The summed E-state index contributed by atoms with van der Waals surface area (Å²) in [4.78, 5) is 14.3. The highest BCUT2D eigenvalue weighted by atomic mass is 19.4. The molecule has 0 saturated carbocycles. The summed E-state index contributed by atoms with van der Waals surface area (Å²) in [7, 11) is 0. The summed E-state index contributed by atoms with van der Waals surface area (Å²) < 4.78 is 64.1. The van der Waals surface area contributed by atoms with Gasteiger partial charge in [0.05, 0.1) is 17.6 Å². The van der Waals surface area contributed by atoms with Gasteiger partial charge in [-0.1, -0.05) is 12.1 Å². The molecule has 1 saturated heterocycles. The Morgan fingerprint density at radius 1 is 1.09 bits per heavy atom. The van der Waals surface area contributed by atoms with Gasteiger partial charge in [-0.3, -0.25) is 4.79 Å². The van der Waals surface area contributed by atoms with Crippen molar-refractivity contribution in [1.29, 1.82) is 0 Å². The molecule has 0 spiro atoms. The van der Waals surface area contributed by atoms with Gasteiger partial charge in [0.1, 0.15) is 37.6 Å². The van der Waals surface area contributed by atoms with Crippen molar-refractivity contribution in [1.82, 2.24) is 0 Å². The van der Waals surface area contributed by atoms with Crippen LogP contribution in [0.4, 0.5) is 13.2 Å². The number of hydrogen-bond acceptors (Lipinski definition) is 6. The van der Waals surface area contributed by atoms with Crippen LogP contribution in [0.3, 0.4) is 0 Å². The second-order valence-corrected chi connectivity index (χ2v) is 8.60. The quantitative estimate of drug-likeness (QED) is 0.541. The second kappa shape index (κ2) is 9.79. The molecule has 0 aliphatic carbocycles. The fourth-order valence-electron chi connectivity index (χ4n) is 4.44. The molecule has 2 unspecified atom stereocenters. The molecule has 188 valence electrons. The molecule has 2 heterocycles. The van der Waals surface area contributed by atoms with Crippen LogP contribution < -0.4 is 19.8 Å². The van der Waals surface area contributed by atoms with E-state index in [4.69, 9.17) is 18.6 Å². The zero-order valence-electron chi connectivity index (χ0n) is 19.6. The van der Waals surface area contributed by atoms with Gasteiger partial charge in [-0.2, -0.15) is 13.2 Å². The van der Waals surface area contributed by atoms with Gasteiger partial charge in [0.15, 0.2) is 17.1 Å². The summed E-state index contributed by atoms with van der Waals surface area (Å²) in [5.74, 6) is -2.68. The minimum atomic E-state index is -5.03. The van der Waals surface area contributed by atoms with E-state index in [9.17, 15) is 23.1 Å². The smallest absolute Gasteiger partial charge is 0.453 e. The second-order valence-electron chi connectivity index (χ2n) is 8.60. The molecule has 3 aromatic rings. The molecule has 35 heavy (non-hydrogen) atoms. The van der Waals surface area contributed by atoms with Crippen molar-refractivity contribution in [2.75, 3.05) is 19.7 Å². The van der Waals surface area contributed by atoms with Crippen LogP contribution in [0.15, 0.2) is 45.6 Å². The first-order valence-electron chi connectivity index (χ1n) is 11.4. The lowest BCUT2D eigenvalue weighted by molar-refractivity contribution is -0.928. The predicted molar refractivity (Wildman–Crippen MR) is 121 cm³/mol. The minimum Gasteiger partial charge on any atom is -0.507 e. The molecular formula is C25H27F3NO6+. The SMILES string of the molecule is CCOc1ccccc1Oc1c(C(F)(F)F)oc2c(C[NH+]3CC(C)OC(C)C3)c(O)ccc2c1=O. The fourth-order valence-corrected chi connectivity index (χ4v) is 4.44. The van der Waals surface area contributed by atoms with Crippen LogP contribution in [0, 0.1) is 0 Å². The Balaban J connectivity index is 1.85. The van der Waals surface area contributed by atoms with Crippen LogP contribution in [-0.2, 0) is 17.5 Å². The standard InChI is InChI=1S/C25H26F3NO6/c1-4-32-19-7-5-6-8-20(19)34-23-21(31)16-9-10-18(30)17(22(16)35-24(23)25(26,27)28)13-29-11-14(2)33-15(3)12-29/h5-10,14-15,30H,4,11-13H2,1-3H3/p+1. The van der Waals surface area contributed by atoms with Gasteiger partial charge < -0.3 is 28.6 Å². The highest BCUT2D eigenvalue weighted by Gasteiger charge is 2.41. The lowest BCUT2D eigenvalue weighted by atomic mass is 10.1. The molecule has 0 bridgehead atoms. The van der Waals surface area contributed by atoms with Gasteiger partial charge in [-0.25, -0.2) is 0 Å². The number of halogens is 3. The molecule has 4 rings (SSSR count). The Kier molecular flexibility index (Phi) is 6.95. The summed E-state index contributed by atoms with van der Waals surface area (Å²) in [6.45, 7) is 7.12. The van der Waals surface area contributed by atoms with Gasteiger partial charge in [-0.15, -0.1) is 0 Å². The summed E-state index contributed by atoms with van der Waals surface area (Å²) >= 11 is 0. The van der Waals surface area contributed by atoms with Gasteiger partial charge >= 0.3 is 6.18 Å². The predicted octanol–water partition coefficient (Wildman–Crippen LogP) is 3.90. The maximum absolute atomic E-state index is 14.1. The van der Waals surface area contributed by atoms with Crippen molar-refractivity contribution in [2.45, 2.75) is 45.7 Å². The number of phenolic OH excluding ortho intramolecular Hbond substituents is 1. The number of quaternary nitrogens is 1. The number of alkyl halides is 3. The molecular weight excluding hydrogens is 467 g/mol. The lowest BCUT2D eigenvalue weighted by Crippen LogP contribution is -3.14. The number of morpholine rings is 1. The van der Waals surface area contributed by atoms with E-state index in [0.717, 1.165) is 4.90 Å². The number of rotatable bonds is 6. The third-order valence-corrected chi connectivity index (χ3v) is 5.76. The average Bonchev–Trinajstić information content (AvgIpc) is 2.77. The van der Waals surface area contributed by atoms with E-state index in [1.165, 1.54) is 24.3 Å². The zero-order valence-corrected chi connectivity index (χ0v) is 19.6. The molecule has 1 fully saturated rings. The normalized spacial score (nSPS) is 20.7. The minimum absolute atomic E-state index is 0.0498. The summed E-state index contributed by atoms with van der Waals surface area (Å²) in [5.41, 5.74) is -1.18. The van der Waals surface area contributed by atoms with Crippen molar-refractivity contribution < 1.29 is 41.8 Å². The number of aromatic hydroxyl groups is 1. The van der Waals surface area contributed by atoms with Crippen molar-refractivity contribution >= 4 is 11.0 Å². The maximum atomic E-state index is 14.1. The highest BCUT2D eigenvalue weighted by molar-refractivity contribution is 5.83. The average molecular weight is 494 g/mol. The molecule has 1 aliphatic rings. The monoisotopic (exact) mass is 494 g/mol. The van der Waals surface area contributed by atoms with E-state index < -0.39 is 23.1 Å². The van der Waals surface area contributed by atoms with Crippen LogP contribution in [0.2, 0.25) is 0 Å². The van der Waals surface area contributed by atoms with Crippen molar-refractivity contribution in [3.63, 3.8) is 0 Å². The Morgan fingerprint density at radius 2 is 1.74 bits per heavy atom. The molecule has 2 N–H and O–H groups in total. The van der Waals surface area contributed by atoms with E-state index in [1.54, 1.807) is 19.1 Å². The van der Waals surface area contributed by atoms with Crippen molar-refractivity contribution in [3.8, 4) is 23.0 Å². The molecule has 0 amide bonds. The Bertz CT molecular complexity index is 1260. The van der Waals surface area contributed by atoms with Crippen LogP contribution in [0.5, 0.6) is 23.0 Å². The number of fused-ring (bicyclic) bond motifs is 1. The third kappa shape index (κ3) is 5.23. The number of benzene rings is 2. The summed E-state index contributed by atoms with van der Waals surface area (Å²) in [6, 6.07) is 8.64.